The molecule has 0 rings (SSSR count). The Morgan fingerprint density at radius 2 is 1.89 bits per heavy atom. The molecule has 0 aliphatic heterocycles. The van der Waals surface area contributed by atoms with Crippen molar-refractivity contribution in [2.24, 2.45) is 9.98 Å². The van der Waals surface area contributed by atoms with Gasteiger partial charge in [0, 0.05) is 14.1 Å². The predicted octanol–water partition coefficient (Wildman–Crippen LogP) is 0.672. The van der Waals surface area contributed by atoms with Gasteiger partial charge < -0.3 is 5.32 Å². The number of hydrogen-bond donors (Lipinski definition) is 1. The van der Waals surface area contributed by atoms with E-state index in [0.29, 0.717) is 0 Å². The average molecular weight is 127 g/mol. The Hall–Kier alpha value is -0.860. The third-order valence-electron chi connectivity index (χ3n) is 1.01. The number of nitrogens with zero attached hydrogens (tertiary/aromatic N) is 2. The van der Waals surface area contributed by atoms with Crippen LogP contribution in [0.1, 0.15) is 13.8 Å². The summed E-state index contributed by atoms with van der Waals surface area (Å²) in [6.07, 6.45) is 0. The van der Waals surface area contributed by atoms with E-state index in [1.54, 1.807) is 7.05 Å². The van der Waals surface area contributed by atoms with Crippen LogP contribution in [0.25, 0.3) is 0 Å². The minimum absolute atomic E-state index is 0.793. The summed E-state index contributed by atoms with van der Waals surface area (Å²) in [5, 5.41) is 2.90. The van der Waals surface area contributed by atoms with E-state index < -0.39 is 0 Å². The van der Waals surface area contributed by atoms with Gasteiger partial charge in [0.25, 0.3) is 0 Å². The van der Waals surface area contributed by atoms with Crippen LogP contribution in [0.4, 0.5) is 0 Å². The molecule has 0 aromatic rings. The van der Waals surface area contributed by atoms with Crippen LogP contribution in [0.2, 0.25) is 0 Å². The fraction of sp³-hybridized carbons (Fsp3) is 0.667. The number of amidine groups is 2. The van der Waals surface area contributed by atoms with Gasteiger partial charge in [0.1, 0.15) is 11.7 Å². The van der Waals surface area contributed by atoms with Crippen molar-refractivity contribution in [3.8, 4) is 0 Å². The zero-order valence-electron chi connectivity index (χ0n) is 6.39. The molecule has 3 heteroatoms. The Kier molecular flexibility index (Phi) is 3.67. The van der Waals surface area contributed by atoms with Crippen LogP contribution >= 0.6 is 0 Å². The molecule has 0 aromatic heterocycles. The lowest BCUT2D eigenvalue weighted by Gasteiger charge is -1.95. The maximum atomic E-state index is 4.07. The first-order valence-electron chi connectivity index (χ1n) is 2.87. The maximum Gasteiger partial charge on any atom is 0.121 e. The molecule has 0 atom stereocenters. The predicted molar refractivity (Wildman–Crippen MR) is 41.2 cm³/mol. The van der Waals surface area contributed by atoms with Crippen molar-refractivity contribution in [1.82, 2.24) is 5.32 Å². The Labute approximate surface area is 55.9 Å². The third-order valence-corrected chi connectivity index (χ3v) is 1.01. The van der Waals surface area contributed by atoms with Gasteiger partial charge in [0.2, 0.25) is 0 Å². The number of aliphatic imine (C=N–C) groups is 2. The van der Waals surface area contributed by atoms with Crippen molar-refractivity contribution in [1.29, 1.82) is 0 Å². The van der Waals surface area contributed by atoms with Crippen LogP contribution in [0.5, 0.6) is 0 Å². The van der Waals surface area contributed by atoms with E-state index in [2.05, 4.69) is 15.3 Å². The summed E-state index contributed by atoms with van der Waals surface area (Å²) in [6, 6.07) is 0. The van der Waals surface area contributed by atoms with E-state index in [9.17, 15) is 0 Å². The first-order chi connectivity index (χ1) is 4.20. The Morgan fingerprint density at radius 1 is 1.33 bits per heavy atom. The molecule has 0 saturated carbocycles. The van der Waals surface area contributed by atoms with Gasteiger partial charge in [-0.2, -0.15) is 0 Å². The highest BCUT2D eigenvalue weighted by atomic mass is 15.0. The van der Waals surface area contributed by atoms with Gasteiger partial charge in [-0.25, -0.2) is 4.99 Å². The van der Waals surface area contributed by atoms with Crippen molar-refractivity contribution in [2.45, 2.75) is 13.8 Å². The molecule has 3 nitrogen and oxygen atoms in total. The molecule has 0 fully saturated rings. The molecule has 0 amide bonds. The zero-order valence-corrected chi connectivity index (χ0v) is 6.39. The highest BCUT2D eigenvalue weighted by Gasteiger charge is 1.83. The lowest BCUT2D eigenvalue weighted by Crippen LogP contribution is -2.14. The topological polar surface area (TPSA) is 36.8 Å². The zero-order chi connectivity index (χ0) is 7.28. The minimum Gasteiger partial charge on any atom is -0.377 e. The maximum absolute atomic E-state index is 4.07. The number of rotatable bonds is 0. The normalized spacial score (nSPS) is 13.8. The molecule has 0 radical (unpaired) electrons. The summed E-state index contributed by atoms with van der Waals surface area (Å²) in [4.78, 5) is 7.94. The summed E-state index contributed by atoms with van der Waals surface area (Å²) < 4.78 is 0. The Bertz CT molecular complexity index is 135. The minimum atomic E-state index is 0.793. The third kappa shape index (κ3) is 3.70. The molecule has 0 saturated heterocycles. The Morgan fingerprint density at radius 3 is 2.22 bits per heavy atom. The van der Waals surface area contributed by atoms with E-state index in [1.165, 1.54) is 0 Å². The molecular formula is C6H13N3. The molecule has 52 valence electrons. The highest BCUT2D eigenvalue weighted by Crippen LogP contribution is 1.77. The van der Waals surface area contributed by atoms with Gasteiger partial charge >= 0.3 is 0 Å². The first kappa shape index (κ1) is 8.14. The fourth-order valence-corrected chi connectivity index (χ4v) is 0.349. The molecule has 0 heterocycles. The Balaban J connectivity index is 3.95. The molecule has 0 aliphatic rings. The number of nitrogens with one attached hydrogen (secondary N) is 1. The van der Waals surface area contributed by atoms with Crippen LogP contribution in [0.15, 0.2) is 9.98 Å². The lowest BCUT2D eigenvalue weighted by molar-refractivity contribution is 1.15. The molecular weight excluding hydrogens is 114 g/mol. The van der Waals surface area contributed by atoms with E-state index in [4.69, 9.17) is 0 Å². The average Bonchev–Trinajstić information content (AvgIpc) is 1.87. The molecule has 9 heavy (non-hydrogen) atoms. The first-order valence-corrected chi connectivity index (χ1v) is 2.87. The summed E-state index contributed by atoms with van der Waals surface area (Å²) in [5.74, 6) is 1.68. The van der Waals surface area contributed by atoms with Gasteiger partial charge in [-0.3, -0.25) is 4.99 Å². The molecule has 0 spiro atoms. The number of hydrogen-bond acceptors (Lipinski definition) is 1. The van der Waals surface area contributed by atoms with Crippen LogP contribution in [-0.4, -0.2) is 25.8 Å². The molecule has 0 unspecified atom stereocenters. The van der Waals surface area contributed by atoms with Crippen LogP contribution in [0, 0.1) is 0 Å². The largest absolute Gasteiger partial charge is 0.377 e. The molecule has 0 bridgehead atoms. The van der Waals surface area contributed by atoms with Crippen LogP contribution in [-0.2, 0) is 0 Å². The van der Waals surface area contributed by atoms with E-state index in [-0.39, 0.29) is 0 Å². The van der Waals surface area contributed by atoms with Crippen molar-refractivity contribution in [3.05, 3.63) is 0 Å². The van der Waals surface area contributed by atoms with Crippen molar-refractivity contribution in [3.63, 3.8) is 0 Å². The standard InChI is InChI=1S/C6H13N3/c1-5(7-3)9-6(2)8-4/h1-4H3,(H,7,8,9). The van der Waals surface area contributed by atoms with Crippen molar-refractivity contribution < 1.29 is 0 Å². The highest BCUT2D eigenvalue weighted by molar-refractivity contribution is 5.94. The smallest absolute Gasteiger partial charge is 0.121 e. The molecule has 0 aromatic carbocycles. The quantitative estimate of drug-likeness (QED) is 0.377. The van der Waals surface area contributed by atoms with Crippen molar-refractivity contribution >= 4 is 11.7 Å². The second-order valence-electron chi connectivity index (χ2n) is 1.72. The van der Waals surface area contributed by atoms with E-state index in [0.717, 1.165) is 11.7 Å². The fourth-order valence-electron chi connectivity index (χ4n) is 0.349. The van der Waals surface area contributed by atoms with E-state index in [1.807, 2.05) is 20.9 Å². The monoisotopic (exact) mass is 127 g/mol. The summed E-state index contributed by atoms with van der Waals surface area (Å²) in [7, 11) is 3.56. The van der Waals surface area contributed by atoms with E-state index >= 15 is 0 Å². The van der Waals surface area contributed by atoms with Gasteiger partial charge in [0.05, 0.1) is 0 Å². The summed E-state index contributed by atoms with van der Waals surface area (Å²) in [6.45, 7) is 3.76. The van der Waals surface area contributed by atoms with Gasteiger partial charge in [-0.1, -0.05) is 0 Å². The second kappa shape index (κ2) is 4.06. The molecule has 0 aliphatic carbocycles. The van der Waals surface area contributed by atoms with Gasteiger partial charge in [-0.15, -0.1) is 0 Å². The lowest BCUT2D eigenvalue weighted by atomic mass is 10.6. The second-order valence-corrected chi connectivity index (χ2v) is 1.72. The van der Waals surface area contributed by atoms with Crippen molar-refractivity contribution in [2.75, 3.05) is 14.1 Å². The SMILES string of the molecule is C/N=C(C)\N=C(\C)NC. The molecule has 1 N–H and O–H groups in total. The van der Waals surface area contributed by atoms with Gasteiger partial charge in [-0.05, 0) is 13.8 Å². The van der Waals surface area contributed by atoms with Crippen LogP contribution < -0.4 is 5.32 Å². The summed E-state index contributed by atoms with van der Waals surface area (Å²) >= 11 is 0. The van der Waals surface area contributed by atoms with Gasteiger partial charge in [0.15, 0.2) is 0 Å². The van der Waals surface area contributed by atoms with Crippen LogP contribution in [0.3, 0.4) is 0 Å². The summed E-state index contributed by atoms with van der Waals surface area (Å²) in [5.41, 5.74) is 0.